The third-order valence-electron chi connectivity index (χ3n) is 2.12. The molecule has 0 aliphatic carbocycles. The van der Waals surface area contributed by atoms with Crippen molar-refractivity contribution < 1.29 is 8.78 Å². The molecule has 1 N–H and O–H groups in total. The van der Waals surface area contributed by atoms with Crippen molar-refractivity contribution >= 4 is 5.82 Å². The van der Waals surface area contributed by atoms with Gasteiger partial charge in [0.1, 0.15) is 11.6 Å². The first kappa shape index (κ1) is 13.8. The number of alkyl halides is 2. The van der Waals surface area contributed by atoms with Crippen LogP contribution in [0.4, 0.5) is 14.6 Å². The summed E-state index contributed by atoms with van der Waals surface area (Å²) in [4.78, 5) is 10.00. The van der Waals surface area contributed by atoms with E-state index in [0.29, 0.717) is 12.4 Å². The van der Waals surface area contributed by atoms with E-state index in [0.717, 1.165) is 18.1 Å². The van der Waals surface area contributed by atoms with Crippen LogP contribution >= 0.6 is 0 Å². The SMILES string of the molecule is CCNc1cc(C)nc(CN(C)CC(F)F)n1. The number of anilines is 1. The van der Waals surface area contributed by atoms with Gasteiger partial charge >= 0.3 is 0 Å². The van der Waals surface area contributed by atoms with E-state index < -0.39 is 6.43 Å². The summed E-state index contributed by atoms with van der Waals surface area (Å²) in [5, 5.41) is 3.08. The highest BCUT2D eigenvalue weighted by Crippen LogP contribution is 2.08. The molecule has 96 valence electrons. The maximum atomic E-state index is 12.2. The standard InChI is InChI=1S/C11H18F2N4/c1-4-14-10-5-8(2)15-11(16-10)7-17(3)6-9(12)13/h5,9H,4,6-7H2,1-3H3,(H,14,15,16). The summed E-state index contributed by atoms with van der Waals surface area (Å²) in [6, 6.07) is 1.83. The number of halogens is 2. The Morgan fingerprint density at radius 2 is 2.12 bits per heavy atom. The summed E-state index contributed by atoms with van der Waals surface area (Å²) >= 11 is 0. The number of nitrogens with zero attached hydrogens (tertiary/aromatic N) is 3. The molecule has 0 aromatic carbocycles. The third kappa shape index (κ3) is 5.04. The number of rotatable bonds is 6. The second-order valence-corrected chi connectivity index (χ2v) is 3.93. The second kappa shape index (κ2) is 6.44. The smallest absolute Gasteiger partial charge is 0.251 e. The van der Waals surface area contributed by atoms with Crippen molar-refractivity contribution in [3.63, 3.8) is 0 Å². The van der Waals surface area contributed by atoms with Gasteiger partial charge in [0.05, 0.1) is 13.1 Å². The lowest BCUT2D eigenvalue weighted by Gasteiger charge is -2.15. The Kier molecular flexibility index (Phi) is 5.21. The highest BCUT2D eigenvalue weighted by molar-refractivity contribution is 5.35. The molecule has 1 rings (SSSR count). The minimum Gasteiger partial charge on any atom is -0.370 e. The van der Waals surface area contributed by atoms with E-state index in [-0.39, 0.29) is 6.54 Å². The van der Waals surface area contributed by atoms with Gasteiger partial charge in [0.2, 0.25) is 0 Å². The molecule has 0 saturated carbocycles. The molecule has 0 unspecified atom stereocenters. The normalized spacial score (nSPS) is 11.2. The Morgan fingerprint density at radius 1 is 1.41 bits per heavy atom. The number of nitrogens with one attached hydrogen (secondary N) is 1. The molecular formula is C11H18F2N4. The van der Waals surface area contributed by atoms with Crippen molar-refractivity contribution in [2.24, 2.45) is 0 Å². The Bertz CT molecular complexity index is 357. The van der Waals surface area contributed by atoms with Crippen LogP contribution in [-0.2, 0) is 6.54 Å². The van der Waals surface area contributed by atoms with Crippen LogP contribution in [0, 0.1) is 6.92 Å². The molecule has 1 aromatic rings. The zero-order valence-corrected chi connectivity index (χ0v) is 10.4. The molecule has 1 heterocycles. The summed E-state index contributed by atoms with van der Waals surface area (Å²) < 4.78 is 24.3. The first-order valence-electron chi connectivity index (χ1n) is 5.56. The van der Waals surface area contributed by atoms with Crippen molar-refractivity contribution in [2.75, 3.05) is 25.5 Å². The van der Waals surface area contributed by atoms with Crippen LogP contribution in [0.5, 0.6) is 0 Å². The molecule has 17 heavy (non-hydrogen) atoms. The Balaban J connectivity index is 2.69. The lowest BCUT2D eigenvalue weighted by molar-refractivity contribution is 0.0965. The molecule has 0 saturated heterocycles. The second-order valence-electron chi connectivity index (χ2n) is 3.93. The fourth-order valence-electron chi connectivity index (χ4n) is 1.51. The third-order valence-corrected chi connectivity index (χ3v) is 2.12. The Labute approximate surface area is 100 Å². The van der Waals surface area contributed by atoms with Crippen LogP contribution in [0.15, 0.2) is 6.07 Å². The summed E-state index contributed by atoms with van der Waals surface area (Å²) in [5.41, 5.74) is 0.830. The van der Waals surface area contributed by atoms with Gasteiger partial charge in [0.25, 0.3) is 6.43 Å². The summed E-state index contributed by atoms with van der Waals surface area (Å²) in [5.74, 6) is 1.30. The fourth-order valence-corrected chi connectivity index (χ4v) is 1.51. The lowest BCUT2D eigenvalue weighted by Crippen LogP contribution is -2.25. The van der Waals surface area contributed by atoms with E-state index in [1.807, 2.05) is 19.9 Å². The predicted octanol–water partition coefficient (Wildman–Crippen LogP) is 1.91. The lowest BCUT2D eigenvalue weighted by atomic mass is 10.4. The van der Waals surface area contributed by atoms with Crippen molar-refractivity contribution in [3.8, 4) is 0 Å². The average molecular weight is 244 g/mol. The summed E-state index contributed by atoms with van der Waals surface area (Å²) in [6.07, 6.45) is -2.34. The number of hydrogen-bond acceptors (Lipinski definition) is 4. The molecule has 0 amide bonds. The van der Waals surface area contributed by atoms with Gasteiger partial charge in [-0.15, -0.1) is 0 Å². The van der Waals surface area contributed by atoms with E-state index in [2.05, 4.69) is 15.3 Å². The van der Waals surface area contributed by atoms with E-state index >= 15 is 0 Å². The Hall–Kier alpha value is -1.30. The predicted molar refractivity (Wildman–Crippen MR) is 63.3 cm³/mol. The van der Waals surface area contributed by atoms with Crippen LogP contribution in [0.25, 0.3) is 0 Å². The van der Waals surface area contributed by atoms with E-state index in [1.54, 1.807) is 7.05 Å². The number of aryl methyl sites for hydroxylation is 1. The monoisotopic (exact) mass is 244 g/mol. The van der Waals surface area contributed by atoms with Crippen molar-refractivity contribution in [1.29, 1.82) is 0 Å². The Morgan fingerprint density at radius 3 is 2.71 bits per heavy atom. The quantitative estimate of drug-likeness (QED) is 0.830. The first-order chi connectivity index (χ1) is 8.01. The number of aromatic nitrogens is 2. The van der Waals surface area contributed by atoms with Gasteiger partial charge in [-0.05, 0) is 20.9 Å². The van der Waals surface area contributed by atoms with Crippen molar-refractivity contribution in [2.45, 2.75) is 26.8 Å². The van der Waals surface area contributed by atoms with Gasteiger partial charge in [-0.1, -0.05) is 0 Å². The largest absolute Gasteiger partial charge is 0.370 e. The van der Waals surface area contributed by atoms with Crippen LogP contribution in [0.3, 0.4) is 0 Å². The number of hydrogen-bond donors (Lipinski definition) is 1. The van der Waals surface area contributed by atoms with Crippen molar-refractivity contribution in [1.82, 2.24) is 14.9 Å². The average Bonchev–Trinajstić information content (AvgIpc) is 2.14. The van der Waals surface area contributed by atoms with Gasteiger partial charge in [-0.2, -0.15) is 0 Å². The molecule has 0 aliphatic heterocycles. The van der Waals surface area contributed by atoms with Gasteiger partial charge < -0.3 is 5.32 Å². The summed E-state index contributed by atoms with van der Waals surface area (Å²) in [7, 11) is 1.63. The molecular weight excluding hydrogens is 226 g/mol. The molecule has 0 atom stereocenters. The zero-order chi connectivity index (χ0) is 12.8. The highest BCUT2D eigenvalue weighted by atomic mass is 19.3. The van der Waals surface area contributed by atoms with Gasteiger partial charge in [-0.25, -0.2) is 18.7 Å². The first-order valence-corrected chi connectivity index (χ1v) is 5.56. The van der Waals surface area contributed by atoms with Crippen LogP contribution in [-0.4, -0.2) is 41.4 Å². The maximum absolute atomic E-state index is 12.2. The molecule has 0 bridgehead atoms. The molecule has 0 spiro atoms. The van der Waals surface area contributed by atoms with E-state index in [9.17, 15) is 8.78 Å². The molecule has 0 radical (unpaired) electrons. The van der Waals surface area contributed by atoms with E-state index in [4.69, 9.17) is 0 Å². The minimum absolute atomic E-state index is 0.270. The molecule has 4 nitrogen and oxygen atoms in total. The maximum Gasteiger partial charge on any atom is 0.251 e. The van der Waals surface area contributed by atoms with Gasteiger partial charge in [0.15, 0.2) is 0 Å². The molecule has 1 aromatic heterocycles. The molecule has 0 aliphatic rings. The van der Waals surface area contributed by atoms with Crippen LogP contribution < -0.4 is 5.32 Å². The van der Waals surface area contributed by atoms with Crippen LogP contribution in [0.1, 0.15) is 18.4 Å². The minimum atomic E-state index is -2.34. The fraction of sp³-hybridized carbons (Fsp3) is 0.636. The van der Waals surface area contributed by atoms with Crippen molar-refractivity contribution in [3.05, 3.63) is 17.6 Å². The van der Waals surface area contributed by atoms with Gasteiger partial charge in [0, 0.05) is 18.3 Å². The molecule has 6 heteroatoms. The zero-order valence-electron chi connectivity index (χ0n) is 10.4. The molecule has 0 fully saturated rings. The summed E-state index contributed by atoms with van der Waals surface area (Å²) in [6.45, 7) is 4.65. The highest BCUT2D eigenvalue weighted by Gasteiger charge is 2.10. The topological polar surface area (TPSA) is 41.1 Å². The van der Waals surface area contributed by atoms with Gasteiger partial charge in [-0.3, -0.25) is 4.90 Å². The van der Waals surface area contributed by atoms with Crippen LogP contribution in [0.2, 0.25) is 0 Å². The van der Waals surface area contributed by atoms with E-state index in [1.165, 1.54) is 4.90 Å².